The molecule has 0 spiro atoms. The summed E-state index contributed by atoms with van der Waals surface area (Å²) in [6.07, 6.45) is 0.232. The van der Waals surface area contributed by atoms with Crippen molar-refractivity contribution < 1.29 is 13.2 Å². The summed E-state index contributed by atoms with van der Waals surface area (Å²) in [5.41, 5.74) is 0.882. The molecular weight excluding hydrogens is 284 g/mol. The fraction of sp³-hybridized carbons (Fsp3) is 0.235. The average Bonchev–Trinajstić information content (AvgIpc) is 2.48. The van der Waals surface area contributed by atoms with Crippen LogP contribution in [-0.4, -0.2) is 20.0 Å². The zero-order chi connectivity index (χ0) is 15.3. The Bertz CT molecular complexity index is 691. The van der Waals surface area contributed by atoms with Crippen LogP contribution in [0.5, 0.6) is 0 Å². The van der Waals surface area contributed by atoms with Gasteiger partial charge in [0, 0.05) is 12.3 Å². The summed E-state index contributed by atoms with van der Waals surface area (Å²) < 4.78 is 25.0. The van der Waals surface area contributed by atoms with Gasteiger partial charge in [-0.25, -0.2) is 8.42 Å². The monoisotopic (exact) mass is 302 g/mol. The van der Waals surface area contributed by atoms with Crippen LogP contribution < -0.4 is 0 Å². The maximum absolute atomic E-state index is 12.5. The van der Waals surface area contributed by atoms with Gasteiger partial charge in [0.1, 0.15) is 5.78 Å². The van der Waals surface area contributed by atoms with Crippen LogP contribution >= 0.6 is 0 Å². The largest absolute Gasteiger partial charge is 0.300 e. The highest BCUT2D eigenvalue weighted by atomic mass is 32.2. The molecule has 0 heterocycles. The number of carbonyl (C=O) groups excluding carboxylic acids is 1. The fourth-order valence-corrected chi connectivity index (χ4v) is 3.94. The Morgan fingerprint density at radius 3 is 2.00 bits per heavy atom. The second kappa shape index (κ2) is 6.68. The van der Waals surface area contributed by atoms with Crippen LogP contribution in [0.25, 0.3) is 0 Å². The molecule has 0 aliphatic heterocycles. The van der Waals surface area contributed by atoms with Crippen LogP contribution in [0, 0.1) is 0 Å². The zero-order valence-corrected chi connectivity index (χ0v) is 12.7. The van der Waals surface area contributed by atoms with Crippen molar-refractivity contribution in [1.82, 2.24) is 0 Å². The standard InChI is InChI=1S/C17H18O3S/c1-14(18)12-16(15-8-4-2-5-9-15)13-21(19,20)17-10-6-3-7-11-17/h2-11,16H,12-13H2,1H3/t16-/m0/s1. The molecule has 0 N–H and O–H groups in total. The molecule has 1 atom stereocenters. The third kappa shape index (κ3) is 4.26. The third-order valence-corrected chi connectivity index (χ3v) is 5.16. The first-order valence-electron chi connectivity index (χ1n) is 6.81. The van der Waals surface area contributed by atoms with Crippen molar-refractivity contribution in [2.45, 2.75) is 24.2 Å². The van der Waals surface area contributed by atoms with E-state index >= 15 is 0 Å². The molecule has 0 bridgehead atoms. The van der Waals surface area contributed by atoms with Crippen molar-refractivity contribution in [2.75, 3.05) is 5.75 Å². The Kier molecular flexibility index (Phi) is 4.91. The van der Waals surface area contributed by atoms with E-state index in [0.717, 1.165) is 5.56 Å². The van der Waals surface area contributed by atoms with Gasteiger partial charge < -0.3 is 4.79 Å². The highest BCUT2D eigenvalue weighted by Gasteiger charge is 2.23. The molecule has 0 amide bonds. The molecule has 4 heteroatoms. The number of Topliss-reactive ketones (excluding diaryl/α,β-unsaturated/α-hetero) is 1. The molecule has 110 valence electrons. The quantitative estimate of drug-likeness (QED) is 0.823. The van der Waals surface area contributed by atoms with E-state index in [1.807, 2.05) is 30.3 Å². The van der Waals surface area contributed by atoms with Crippen molar-refractivity contribution in [3.05, 3.63) is 66.2 Å². The SMILES string of the molecule is CC(=O)C[C@@H](CS(=O)(=O)c1ccccc1)c1ccccc1. The highest BCUT2D eigenvalue weighted by Crippen LogP contribution is 2.25. The second-order valence-corrected chi connectivity index (χ2v) is 7.14. The van der Waals surface area contributed by atoms with Gasteiger partial charge in [-0.3, -0.25) is 0 Å². The van der Waals surface area contributed by atoms with E-state index in [0.29, 0.717) is 4.90 Å². The number of benzene rings is 2. The van der Waals surface area contributed by atoms with Crippen LogP contribution in [0.4, 0.5) is 0 Å². The minimum absolute atomic E-state index is 0.00730. The molecule has 0 unspecified atom stereocenters. The first kappa shape index (κ1) is 15.4. The van der Waals surface area contributed by atoms with E-state index in [4.69, 9.17) is 0 Å². The summed E-state index contributed by atoms with van der Waals surface area (Å²) in [6, 6.07) is 17.7. The van der Waals surface area contributed by atoms with Gasteiger partial charge in [0.2, 0.25) is 0 Å². The number of hydrogen-bond donors (Lipinski definition) is 0. The van der Waals surface area contributed by atoms with Crippen LogP contribution in [0.2, 0.25) is 0 Å². The molecule has 2 aromatic rings. The van der Waals surface area contributed by atoms with Crippen molar-refractivity contribution in [3.63, 3.8) is 0 Å². The molecule has 0 radical (unpaired) electrons. The molecule has 3 nitrogen and oxygen atoms in total. The Morgan fingerprint density at radius 2 is 1.48 bits per heavy atom. The van der Waals surface area contributed by atoms with E-state index in [9.17, 15) is 13.2 Å². The lowest BCUT2D eigenvalue weighted by molar-refractivity contribution is -0.117. The maximum Gasteiger partial charge on any atom is 0.178 e. The van der Waals surface area contributed by atoms with Gasteiger partial charge in [-0.05, 0) is 24.6 Å². The normalized spacial score (nSPS) is 12.8. The summed E-state index contributed by atoms with van der Waals surface area (Å²) in [5, 5.41) is 0. The molecule has 0 saturated heterocycles. The van der Waals surface area contributed by atoms with Crippen LogP contribution in [0.1, 0.15) is 24.8 Å². The van der Waals surface area contributed by atoms with Gasteiger partial charge in [-0.1, -0.05) is 48.5 Å². The molecule has 21 heavy (non-hydrogen) atoms. The summed E-state index contributed by atoms with van der Waals surface area (Å²) in [5.74, 6) is -0.373. The highest BCUT2D eigenvalue weighted by molar-refractivity contribution is 7.91. The van der Waals surface area contributed by atoms with Crippen molar-refractivity contribution >= 4 is 15.6 Å². The number of rotatable bonds is 6. The van der Waals surface area contributed by atoms with Crippen molar-refractivity contribution in [1.29, 1.82) is 0 Å². The summed E-state index contributed by atoms with van der Waals surface area (Å²) in [6.45, 7) is 1.49. The third-order valence-electron chi connectivity index (χ3n) is 3.33. The molecule has 0 saturated carbocycles. The topological polar surface area (TPSA) is 51.2 Å². The number of hydrogen-bond acceptors (Lipinski definition) is 3. The number of carbonyl (C=O) groups is 1. The molecule has 2 aromatic carbocycles. The molecular formula is C17H18O3S. The molecule has 0 fully saturated rings. The predicted molar refractivity (Wildman–Crippen MR) is 83.0 cm³/mol. The van der Waals surface area contributed by atoms with E-state index in [-0.39, 0.29) is 23.9 Å². The van der Waals surface area contributed by atoms with E-state index < -0.39 is 9.84 Å². The number of sulfone groups is 1. The fourth-order valence-electron chi connectivity index (χ4n) is 2.33. The van der Waals surface area contributed by atoms with Gasteiger partial charge in [-0.15, -0.1) is 0 Å². The average molecular weight is 302 g/mol. The van der Waals surface area contributed by atoms with Crippen LogP contribution in [0.15, 0.2) is 65.6 Å². The molecule has 2 rings (SSSR count). The summed E-state index contributed by atoms with van der Waals surface area (Å²) >= 11 is 0. The Balaban J connectivity index is 2.29. The van der Waals surface area contributed by atoms with Gasteiger partial charge in [0.05, 0.1) is 10.6 Å². The molecule has 0 aliphatic rings. The van der Waals surface area contributed by atoms with Crippen molar-refractivity contribution in [3.8, 4) is 0 Å². The van der Waals surface area contributed by atoms with Crippen molar-refractivity contribution in [2.24, 2.45) is 0 Å². The van der Waals surface area contributed by atoms with Gasteiger partial charge >= 0.3 is 0 Å². The second-order valence-electron chi connectivity index (χ2n) is 5.11. The van der Waals surface area contributed by atoms with Gasteiger partial charge in [-0.2, -0.15) is 0 Å². The first-order valence-corrected chi connectivity index (χ1v) is 8.46. The summed E-state index contributed by atoms with van der Waals surface area (Å²) in [4.78, 5) is 11.8. The minimum Gasteiger partial charge on any atom is -0.300 e. The maximum atomic E-state index is 12.5. The van der Waals surface area contributed by atoms with Crippen LogP contribution in [0.3, 0.4) is 0 Å². The molecule has 0 aromatic heterocycles. The summed E-state index contributed by atoms with van der Waals surface area (Å²) in [7, 11) is -3.41. The van der Waals surface area contributed by atoms with E-state index in [2.05, 4.69) is 0 Å². The molecule has 0 aliphatic carbocycles. The lowest BCUT2D eigenvalue weighted by Gasteiger charge is -2.16. The lowest BCUT2D eigenvalue weighted by Crippen LogP contribution is -2.17. The zero-order valence-electron chi connectivity index (χ0n) is 11.9. The lowest BCUT2D eigenvalue weighted by atomic mass is 9.96. The minimum atomic E-state index is -3.41. The smallest absolute Gasteiger partial charge is 0.178 e. The van der Waals surface area contributed by atoms with Gasteiger partial charge in [0.15, 0.2) is 9.84 Å². The van der Waals surface area contributed by atoms with Gasteiger partial charge in [0.25, 0.3) is 0 Å². The Morgan fingerprint density at radius 1 is 0.952 bits per heavy atom. The van der Waals surface area contributed by atoms with E-state index in [1.165, 1.54) is 6.92 Å². The Labute approximate surface area is 125 Å². The van der Waals surface area contributed by atoms with E-state index in [1.54, 1.807) is 30.3 Å². The number of ketones is 1. The van der Waals surface area contributed by atoms with Crippen LogP contribution in [-0.2, 0) is 14.6 Å². The first-order chi connectivity index (χ1) is 9.99. The predicted octanol–water partition coefficient (Wildman–Crippen LogP) is 3.22. The Hall–Kier alpha value is -1.94.